The molecule has 0 aliphatic heterocycles. The Bertz CT molecular complexity index is 312. The van der Waals surface area contributed by atoms with Crippen molar-refractivity contribution in [3.05, 3.63) is 28.0 Å². The Balaban J connectivity index is 3.28. The third-order valence-electron chi connectivity index (χ3n) is 1.40. The van der Waals surface area contributed by atoms with Gasteiger partial charge in [-0.2, -0.15) is 0 Å². The third-order valence-corrected chi connectivity index (χ3v) is 2.01. The number of ether oxygens (including phenoxy) is 1. The summed E-state index contributed by atoms with van der Waals surface area (Å²) in [6, 6.07) is 2.54. The molecule has 0 N–H and O–H groups in total. The van der Waals surface area contributed by atoms with E-state index in [0.29, 0.717) is 12.0 Å². The molecular weight excluding hydrogens is 227 g/mol. The van der Waals surface area contributed by atoms with Crippen LogP contribution >= 0.6 is 15.9 Å². The van der Waals surface area contributed by atoms with E-state index in [1.807, 2.05) is 0 Å². The van der Waals surface area contributed by atoms with Crippen molar-refractivity contribution in [2.24, 2.45) is 0 Å². The fourth-order valence-electron chi connectivity index (χ4n) is 0.813. The Labute approximate surface area is 77.5 Å². The van der Waals surface area contributed by atoms with Crippen LogP contribution < -0.4 is 4.74 Å². The molecule has 1 aromatic rings. The van der Waals surface area contributed by atoms with E-state index in [-0.39, 0.29) is 10.0 Å². The molecule has 1 rings (SSSR count). The molecule has 0 radical (unpaired) electrons. The smallest absolute Gasteiger partial charge is 0.153 e. The fourth-order valence-corrected chi connectivity index (χ4v) is 1.14. The first kappa shape index (κ1) is 9.19. The Kier molecular flexibility index (Phi) is 2.81. The van der Waals surface area contributed by atoms with Gasteiger partial charge < -0.3 is 4.74 Å². The average Bonchev–Trinajstić information content (AvgIpc) is 2.09. The minimum Gasteiger partial charge on any atom is -0.496 e. The highest BCUT2D eigenvalue weighted by Gasteiger charge is 2.07. The van der Waals surface area contributed by atoms with Crippen LogP contribution in [0.3, 0.4) is 0 Å². The summed E-state index contributed by atoms with van der Waals surface area (Å²) in [5.74, 6) is -0.115. The number of hydrogen-bond acceptors (Lipinski definition) is 2. The van der Waals surface area contributed by atoms with Crippen LogP contribution in [0, 0.1) is 5.82 Å². The number of rotatable bonds is 2. The Morgan fingerprint density at radius 1 is 1.58 bits per heavy atom. The molecule has 0 saturated heterocycles. The largest absolute Gasteiger partial charge is 0.496 e. The minimum atomic E-state index is -0.474. The van der Waals surface area contributed by atoms with E-state index < -0.39 is 5.82 Å². The van der Waals surface area contributed by atoms with Gasteiger partial charge in [-0.25, -0.2) is 4.39 Å². The lowest BCUT2D eigenvalue weighted by atomic mass is 10.2. The Morgan fingerprint density at radius 3 is 2.75 bits per heavy atom. The van der Waals surface area contributed by atoms with E-state index in [1.165, 1.54) is 13.2 Å². The number of aldehydes is 1. The van der Waals surface area contributed by atoms with Crippen molar-refractivity contribution in [1.82, 2.24) is 0 Å². The molecule has 2 nitrogen and oxygen atoms in total. The summed E-state index contributed by atoms with van der Waals surface area (Å²) in [4.78, 5) is 10.4. The molecule has 0 fully saturated rings. The summed E-state index contributed by atoms with van der Waals surface area (Å²) < 4.78 is 17.9. The molecule has 0 aliphatic rings. The molecule has 0 bridgehead atoms. The predicted octanol–water partition coefficient (Wildman–Crippen LogP) is 2.41. The molecule has 64 valence electrons. The highest BCUT2D eigenvalue weighted by molar-refractivity contribution is 9.10. The molecule has 0 saturated carbocycles. The number of halogens is 2. The van der Waals surface area contributed by atoms with Gasteiger partial charge in [0.1, 0.15) is 11.6 Å². The summed E-state index contributed by atoms with van der Waals surface area (Å²) in [5.41, 5.74) is 0.207. The monoisotopic (exact) mass is 232 g/mol. The standard InChI is InChI=1S/C8H6BrFO2/c1-12-8-3-6(9)7(10)2-5(8)4-11/h2-4H,1H3. The first-order valence-corrected chi connectivity index (χ1v) is 3.96. The van der Waals surface area contributed by atoms with Gasteiger partial charge in [0.15, 0.2) is 6.29 Å². The van der Waals surface area contributed by atoms with Gasteiger partial charge in [0.2, 0.25) is 0 Å². The van der Waals surface area contributed by atoms with Gasteiger partial charge in [0.05, 0.1) is 17.1 Å². The van der Waals surface area contributed by atoms with E-state index in [0.717, 1.165) is 6.07 Å². The van der Waals surface area contributed by atoms with Gasteiger partial charge in [-0.1, -0.05) is 0 Å². The van der Waals surface area contributed by atoms with Crippen molar-refractivity contribution in [3.63, 3.8) is 0 Å². The Morgan fingerprint density at radius 2 is 2.25 bits per heavy atom. The zero-order valence-corrected chi connectivity index (χ0v) is 7.89. The summed E-state index contributed by atoms with van der Waals surface area (Å²) in [6.07, 6.45) is 0.550. The highest BCUT2D eigenvalue weighted by Crippen LogP contribution is 2.25. The van der Waals surface area contributed by atoms with E-state index >= 15 is 0 Å². The molecule has 0 aromatic heterocycles. The van der Waals surface area contributed by atoms with E-state index in [1.54, 1.807) is 0 Å². The molecule has 4 heteroatoms. The van der Waals surface area contributed by atoms with E-state index in [2.05, 4.69) is 15.9 Å². The van der Waals surface area contributed by atoms with Crippen LogP contribution in [0.4, 0.5) is 4.39 Å². The second kappa shape index (κ2) is 3.67. The van der Waals surface area contributed by atoms with Crippen molar-refractivity contribution in [2.75, 3.05) is 7.11 Å². The van der Waals surface area contributed by atoms with Crippen molar-refractivity contribution >= 4 is 22.2 Å². The van der Waals surface area contributed by atoms with E-state index in [9.17, 15) is 9.18 Å². The number of carbonyl (C=O) groups is 1. The topological polar surface area (TPSA) is 26.3 Å². The fraction of sp³-hybridized carbons (Fsp3) is 0.125. The molecule has 0 spiro atoms. The molecule has 0 heterocycles. The maximum absolute atomic E-state index is 12.8. The van der Waals surface area contributed by atoms with Crippen molar-refractivity contribution < 1.29 is 13.9 Å². The van der Waals surface area contributed by atoms with Crippen LogP contribution in [-0.4, -0.2) is 13.4 Å². The van der Waals surface area contributed by atoms with E-state index in [4.69, 9.17) is 4.74 Å². The van der Waals surface area contributed by atoms with Crippen molar-refractivity contribution in [2.45, 2.75) is 0 Å². The van der Waals surface area contributed by atoms with Gasteiger partial charge in [0, 0.05) is 0 Å². The predicted molar refractivity (Wildman–Crippen MR) is 46.0 cm³/mol. The van der Waals surface area contributed by atoms with Crippen LogP contribution in [-0.2, 0) is 0 Å². The summed E-state index contributed by atoms with van der Waals surface area (Å²) >= 11 is 2.98. The highest BCUT2D eigenvalue weighted by atomic mass is 79.9. The van der Waals surface area contributed by atoms with Crippen LogP contribution in [0.5, 0.6) is 5.75 Å². The summed E-state index contributed by atoms with van der Waals surface area (Å²) in [7, 11) is 1.42. The van der Waals surface area contributed by atoms with Crippen LogP contribution in [0.1, 0.15) is 10.4 Å². The van der Waals surface area contributed by atoms with Crippen LogP contribution in [0.25, 0.3) is 0 Å². The molecule has 12 heavy (non-hydrogen) atoms. The first-order chi connectivity index (χ1) is 5.69. The normalized spacial score (nSPS) is 9.58. The molecule has 0 atom stereocenters. The quantitative estimate of drug-likeness (QED) is 0.733. The van der Waals surface area contributed by atoms with Gasteiger partial charge in [0.25, 0.3) is 0 Å². The molecule has 1 aromatic carbocycles. The maximum atomic E-state index is 12.8. The lowest BCUT2D eigenvalue weighted by Gasteiger charge is -2.03. The average molecular weight is 233 g/mol. The number of benzene rings is 1. The van der Waals surface area contributed by atoms with Gasteiger partial charge in [-0.3, -0.25) is 4.79 Å². The van der Waals surface area contributed by atoms with Crippen LogP contribution in [0.15, 0.2) is 16.6 Å². The lowest BCUT2D eigenvalue weighted by molar-refractivity contribution is 0.112. The number of hydrogen-bond donors (Lipinski definition) is 0. The maximum Gasteiger partial charge on any atom is 0.153 e. The second-order valence-corrected chi connectivity index (χ2v) is 2.98. The molecule has 0 aliphatic carbocycles. The van der Waals surface area contributed by atoms with Crippen molar-refractivity contribution in [3.8, 4) is 5.75 Å². The molecular formula is C8H6BrFO2. The summed E-state index contributed by atoms with van der Waals surface area (Å²) in [5, 5.41) is 0. The van der Waals surface area contributed by atoms with Gasteiger partial charge in [-0.15, -0.1) is 0 Å². The number of methoxy groups -OCH3 is 1. The van der Waals surface area contributed by atoms with Gasteiger partial charge >= 0.3 is 0 Å². The Hall–Kier alpha value is -0.900. The molecule has 0 unspecified atom stereocenters. The number of carbonyl (C=O) groups excluding carboxylic acids is 1. The minimum absolute atomic E-state index is 0.207. The van der Waals surface area contributed by atoms with Gasteiger partial charge in [-0.05, 0) is 28.1 Å². The third kappa shape index (κ3) is 1.64. The summed E-state index contributed by atoms with van der Waals surface area (Å²) in [6.45, 7) is 0. The van der Waals surface area contributed by atoms with Crippen LogP contribution in [0.2, 0.25) is 0 Å². The van der Waals surface area contributed by atoms with Crippen molar-refractivity contribution in [1.29, 1.82) is 0 Å². The second-order valence-electron chi connectivity index (χ2n) is 2.13. The zero-order chi connectivity index (χ0) is 9.14. The lowest BCUT2D eigenvalue weighted by Crippen LogP contribution is -1.92. The molecule has 0 amide bonds. The zero-order valence-electron chi connectivity index (χ0n) is 6.30. The first-order valence-electron chi connectivity index (χ1n) is 3.17. The SMILES string of the molecule is COc1cc(Br)c(F)cc1C=O.